The van der Waals surface area contributed by atoms with Crippen LogP contribution in [0, 0.1) is 5.92 Å². The average molecular weight is 405 g/mol. The first-order valence-electron chi connectivity index (χ1n) is 8.28. The van der Waals surface area contributed by atoms with Gasteiger partial charge >= 0.3 is 5.97 Å². The lowest BCUT2D eigenvalue weighted by molar-refractivity contribution is -0.143. The first-order valence-corrected chi connectivity index (χ1v) is 8.91. The fourth-order valence-corrected chi connectivity index (χ4v) is 2.17. The summed E-state index contributed by atoms with van der Waals surface area (Å²) in [6.45, 7) is 3.27. The largest absolute Gasteiger partial charge is 0.480 e. The number of carbonyl (C=O) groups is 5. The van der Waals surface area contributed by atoms with Gasteiger partial charge in [0.2, 0.25) is 23.6 Å². The van der Waals surface area contributed by atoms with Gasteiger partial charge in [-0.05, 0) is 5.92 Å². The number of hydrogen-bond donors (Lipinski definition) is 7. The normalized spacial score (nSPS) is 15.0. The summed E-state index contributed by atoms with van der Waals surface area (Å²) in [6, 6.07) is -3.46. The Labute approximate surface area is 162 Å². The third kappa shape index (κ3) is 9.24. The Balaban J connectivity index is 4.66. The first kappa shape index (κ1) is 24.7. The molecule has 0 bridgehead atoms. The van der Waals surface area contributed by atoms with Gasteiger partial charge in [0.05, 0.1) is 19.0 Å². The van der Waals surface area contributed by atoms with Crippen LogP contribution < -0.4 is 27.4 Å². The number of thiol groups is 1. The van der Waals surface area contributed by atoms with Crippen molar-refractivity contribution in [2.45, 2.75) is 44.8 Å². The number of amides is 4. The van der Waals surface area contributed by atoms with Gasteiger partial charge in [0.1, 0.15) is 12.1 Å². The molecule has 0 saturated carbocycles. The lowest BCUT2D eigenvalue weighted by atomic mass is 9.99. The lowest BCUT2D eigenvalue weighted by Crippen LogP contribution is -2.55. The van der Waals surface area contributed by atoms with Crippen molar-refractivity contribution in [3.05, 3.63) is 0 Å². The van der Waals surface area contributed by atoms with E-state index in [4.69, 9.17) is 16.6 Å². The molecule has 12 heteroatoms. The van der Waals surface area contributed by atoms with E-state index in [0.29, 0.717) is 6.42 Å². The number of rotatable bonds is 12. The second-order valence-electron chi connectivity index (χ2n) is 6.00. The molecular formula is C15H27N5O6S. The molecule has 154 valence electrons. The third-order valence-corrected chi connectivity index (χ3v) is 4.20. The third-order valence-electron chi connectivity index (χ3n) is 3.84. The van der Waals surface area contributed by atoms with Crippen molar-refractivity contribution >= 4 is 42.2 Å². The minimum atomic E-state index is -1.53. The number of hydrogen-bond acceptors (Lipinski definition) is 7. The molecule has 0 aromatic heterocycles. The van der Waals surface area contributed by atoms with Crippen molar-refractivity contribution in [2.24, 2.45) is 17.4 Å². The van der Waals surface area contributed by atoms with Crippen LogP contribution >= 0.6 is 12.6 Å². The van der Waals surface area contributed by atoms with Crippen molar-refractivity contribution in [2.75, 3.05) is 12.3 Å². The topological polar surface area (TPSA) is 194 Å². The molecule has 0 heterocycles. The number of carbonyl (C=O) groups excluding carboxylic acids is 4. The van der Waals surface area contributed by atoms with Crippen LogP contribution in [0.25, 0.3) is 0 Å². The van der Waals surface area contributed by atoms with Crippen molar-refractivity contribution < 1.29 is 29.1 Å². The molecule has 0 aromatic carbocycles. The number of carboxylic acid groups (broad SMARTS) is 1. The Morgan fingerprint density at radius 1 is 1.07 bits per heavy atom. The Bertz CT molecular complexity index is 573. The lowest BCUT2D eigenvalue weighted by Gasteiger charge is -2.20. The van der Waals surface area contributed by atoms with E-state index in [0.717, 1.165) is 0 Å². The van der Waals surface area contributed by atoms with Gasteiger partial charge in [0.25, 0.3) is 0 Å². The van der Waals surface area contributed by atoms with Crippen LogP contribution in [0.1, 0.15) is 26.7 Å². The zero-order valence-electron chi connectivity index (χ0n) is 15.2. The Hall–Kier alpha value is -2.34. The summed E-state index contributed by atoms with van der Waals surface area (Å²) < 4.78 is 0. The van der Waals surface area contributed by atoms with E-state index in [9.17, 15) is 24.0 Å². The minimum absolute atomic E-state index is 0.0674. The maximum absolute atomic E-state index is 12.1. The fourth-order valence-electron chi connectivity index (χ4n) is 1.91. The second kappa shape index (κ2) is 12.1. The van der Waals surface area contributed by atoms with Crippen LogP contribution in [0.3, 0.4) is 0 Å². The molecule has 4 amide bonds. The van der Waals surface area contributed by atoms with Crippen LogP contribution in [0.2, 0.25) is 0 Å². The monoisotopic (exact) mass is 405 g/mol. The summed E-state index contributed by atoms with van der Waals surface area (Å²) in [5, 5.41) is 15.8. The van der Waals surface area contributed by atoms with Gasteiger partial charge in [0.15, 0.2) is 0 Å². The Morgan fingerprint density at radius 3 is 2.11 bits per heavy atom. The summed E-state index contributed by atoms with van der Waals surface area (Å²) in [5.74, 6) is -4.60. The van der Waals surface area contributed by atoms with Gasteiger partial charge in [-0.2, -0.15) is 12.6 Å². The molecule has 11 nitrogen and oxygen atoms in total. The van der Waals surface area contributed by atoms with E-state index in [1.165, 1.54) is 0 Å². The molecule has 0 aliphatic heterocycles. The minimum Gasteiger partial charge on any atom is -0.480 e. The molecule has 0 radical (unpaired) electrons. The number of carboxylic acids is 1. The standard InChI is InChI=1S/C15H27N5O6S/c1-3-7(2)12(17)14(24)18-5-11(22)19-9(6-27)13(23)20-8(15(25)26)4-10(16)21/h7-9,12,27H,3-6,17H2,1-2H3,(H2,16,21)(H,18,24)(H,19,22)(H,20,23)(H,25,26). The zero-order valence-corrected chi connectivity index (χ0v) is 16.1. The molecule has 0 spiro atoms. The van der Waals surface area contributed by atoms with Crippen molar-refractivity contribution in [3.63, 3.8) is 0 Å². The van der Waals surface area contributed by atoms with Crippen molar-refractivity contribution in [1.82, 2.24) is 16.0 Å². The molecule has 0 aromatic rings. The summed E-state index contributed by atoms with van der Waals surface area (Å²) in [6.07, 6.45) is 0.0938. The number of nitrogens with one attached hydrogen (secondary N) is 3. The molecule has 0 saturated heterocycles. The zero-order chi connectivity index (χ0) is 21.1. The van der Waals surface area contributed by atoms with E-state index in [1.807, 2.05) is 6.92 Å². The average Bonchev–Trinajstić information content (AvgIpc) is 2.61. The molecule has 0 aliphatic carbocycles. The molecule has 27 heavy (non-hydrogen) atoms. The van der Waals surface area contributed by atoms with Crippen molar-refractivity contribution in [1.29, 1.82) is 0 Å². The molecule has 4 atom stereocenters. The predicted octanol–water partition coefficient (Wildman–Crippen LogP) is -2.66. The van der Waals surface area contributed by atoms with Crippen LogP contribution in [0.4, 0.5) is 0 Å². The van der Waals surface area contributed by atoms with E-state index in [1.54, 1.807) is 6.92 Å². The molecule has 0 rings (SSSR count). The summed E-state index contributed by atoms with van der Waals surface area (Å²) in [5.41, 5.74) is 10.7. The van der Waals surface area contributed by atoms with Crippen LogP contribution in [0.15, 0.2) is 0 Å². The number of aliphatic carboxylic acids is 1. The first-order chi connectivity index (χ1) is 12.5. The molecular weight excluding hydrogens is 378 g/mol. The van der Waals surface area contributed by atoms with Crippen LogP contribution in [-0.2, 0) is 24.0 Å². The second-order valence-corrected chi connectivity index (χ2v) is 6.37. The van der Waals surface area contributed by atoms with Gasteiger partial charge in [-0.3, -0.25) is 19.2 Å². The highest BCUT2D eigenvalue weighted by Crippen LogP contribution is 2.04. The van der Waals surface area contributed by atoms with Crippen LogP contribution in [-0.4, -0.2) is 65.1 Å². The van der Waals surface area contributed by atoms with Crippen LogP contribution in [0.5, 0.6) is 0 Å². The molecule has 0 aliphatic rings. The van der Waals surface area contributed by atoms with E-state index in [-0.39, 0.29) is 11.7 Å². The molecule has 4 unspecified atom stereocenters. The Kier molecular flexibility index (Phi) is 11.1. The van der Waals surface area contributed by atoms with Gasteiger partial charge in [-0.1, -0.05) is 20.3 Å². The maximum Gasteiger partial charge on any atom is 0.326 e. The molecule has 8 N–H and O–H groups in total. The highest BCUT2D eigenvalue weighted by molar-refractivity contribution is 7.80. The molecule has 0 fully saturated rings. The van der Waals surface area contributed by atoms with Gasteiger partial charge in [0, 0.05) is 5.75 Å². The quantitative estimate of drug-likeness (QED) is 0.172. The number of primary amides is 1. The number of nitrogens with two attached hydrogens (primary N) is 2. The SMILES string of the molecule is CCC(C)C(N)C(=O)NCC(=O)NC(CS)C(=O)NC(CC(N)=O)C(=O)O. The maximum atomic E-state index is 12.1. The highest BCUT2D eigenvalue weighted by atomic mass is 32.1. The fraction of sp³-hybridized carbons (Fsp3) is 0.667. The van der Waals surface area contributed by atoms with Crippen molar-refractivity contribution in [3.8, 4) is 0 Å². The Morgan fingerprint density at radius 2 is 1.67 bits per heavy atom. The van der Waals surface area contributed by atoms with E-state index < -0.39 is 60.7 Å². The summed E-state index contributed by atoms with van der Waals surface area (Å²) in [7, 11) is 0. The van der Waals surface area contributed by atoms with Gasteiger partial charge in [-0.15, -0.1) is 0 Å². The van der Waals surface area contributed by atoms with Gasteiger partial charge < -0.3 is 32.5 Å². The predicted molar refractivity (Wildman–Crippen MR) is 99.6 cm³/mol. The smallest absolute Gasteiger partial charge is 0.326 e. The highest BCUT2D eigenvalue weighted by Gasteiger charge is 2.27. The summed E-state index contributed by atoms with van der Waals surface area (Å²) in [4.78, 5) is 57.7. The summed E-state index contributed by atoms with van der Waals surface area (Å²) >= 11 is 3.93. The van der Waals surface area contributed by atoms with Gasteiger partial charge in [-0.25, -0.2) is 4.79 Å². The van der Waals surface area contributed by atoms with E-state index in [2.05, 4.69) is 28.6 Å². The van der Waals surface area contributed by atoms with E-state index >= 15 is 0 Å².